The van der Waals surface area contributed by atoms with Crippen LogP contribution in [0.25, 0.3) is 0 Å². The van der Waals surface area contributed by atoms with Crippen LogP contribution in [0.1, 0.15) is 43.6 Å². The molecule has 1 aliphatic rings. The third-order valence-electron chi connectivity index (χ3n) is 6.33. The van der Waals surface area contributed by atoms with Crippen molar-refractivity contribution >= 4 is 30.0 Å². The van der Waals surface area contributed by atoms with Crippen LogP contribution in [0.5, 0.6) is 0 Å². The largest absolute Gasteiger partial charge is 0.410 e. The van der Waals surface area contributed by atoms with Crippen LogP contribution in [0, 0.1) is 12.8 Å². The molecule has 2 aromatic carbocycles. The maximum atomic E-state index is 12.7. The number of fused-ring (bicyclic) bond motifs is 1. The molecule has 0 spiro atoms. The molecule has 0 saturated heterocycles. The molecule has 4 nitrogen and oxygen atoms in total. The van der Waals surface area contributed by atoms with Gasteiger partial charge in [0.15, 0.2) is 8.32 Å². The number of hydrogen-bond donors (Lipinski definition) is 0. The average Bonchev–Trinajstić information content (AvgIpc) is 2.98. The van der Waals surface area contributed by atoms with Gasteiger partial charge in [-0.2, -0.15) is 8.42 Å². The summed E-state index contributed by atoms with van der Waals surface area (Å²) >= 11 is 6.46. The van der Waals surface area contributed by atoms with E-state index in [1.165, 1.54) is 0 Å². The predicted octanol–water partition coefficient (Wildman–Crippen LogP) is 6.29. The highest BCUT2D eigenvalue weighted by Crippen LogP contribution is 2.47. The van der Waals surface area contributed by atoms with Crippen molar-refractivity contribution in [2.75, 3.05) is 6.61 Å². The van der Waals surface area contributed by atoms with Gasteiger partial charge < -0.3 is 4.43 Å². The second-order valence-corrected chi connectivity index (χ2v) is 16.4. The molecule has 0 fully saturated rings. The summed E-state index contributed by atoms with van der Waals surface area (Å²) in [7, 11) is -5.93. The summed E-state index contributed by atoms with van der Waals surface area (Å²) in [6.07, 6.45) is 0.408. The summed E-state index contributed by atoms with van der Waals surface area (Å²) in [6.45, 7) is 13.0. The van der Waals surface area contributed by atoms with Crippen molar-refractivity contribution in [3.05, 3.63) is 64.2 Å². The molecule has 164 valence electrons. The molecular weight excluding hydrogens is 436 g/mol. The van der Waals surface area contributed by atoms with Crippen molar-refractivity contribution in [2.24, 2.45) is 5.92 Å². The Kier molecular flexibility index (Phi) is 6.57. The minimum atomic E-state index is -3.83. The summed E-state index contributed by atoms with van der Waals surface area (Å²) in [5.74, 6) is -0.116. The van der Waals surface area contributed by atoms with Crippen molar-refractivity contribution in [2.45, 2.75) is 63.2 Å². The van der Waals surface area contributed by atoms with E-state index in [0.717, 1.165) is 16.7 Å². The first-order chi connectivity index (χ1) is 13.8. The minimum absolute atomic E-state index is 0.0354. The normalized spacial score (nSPS) is 19.7. The molecule has 0 aliphatic heterocycles. The van der Waals surface area contributed by atoms with Crippen LogP contribution in [0.3, 0.4) is 0 Å². The van der Waals surface area contributed by atoms with Gasteiger partial charge in [-0.1, -0.05) is 62.2 Å². The first kappa shape index (κ1) is 23.5. The van der Waals surface area contributed by atoms with Crippen LogP contribution in [0.15, 0.2) is 47.4 Å². The van der Waals surface area contributed by atoms with E-state index in [4.69, 9.17) is 20.2 Å². The van der Waals surface area contributed by atoms with E-state index in [2.05, 4.69) is 33.9 Å². The summed E-state index contributed by atoms with van der Waals surface area (Å²) in [5.41, 5.74) is 3.08. The van der Waals surface area contributed by atoms with E-state index in [9.17, 15) is 8.42 Å². The number of rotatable bonds is 6. The van der Waals surface area contributed by atoms with Crippen LogP contribution in [0.2, 0.25) is 23.2 Å². The van der Waals surface area contributed by atoms with Gasteiger partial charge in [-0.05, 0) is 60.8 Å². The van der Waals surface area contributed by atoms with Gasteiger partial charge in [-0.15, -0.1) is 0 Å². The Hall–Kier alpha value is -1.18. The average molecular weight is 467 g/mol. The Morgan fingerprint density at radius 2 is 1.73 bits per heavy atom. The smallest absolute Gasteiger partial charge is 0.296 e. The van der Waals surface area contributed by atoms with Gasteiger partial charge >= 0.3 is 0 Å². The Balaban J connectivity index is 1.85. The predicted molar refractivity (Wildman–Crippen MR) is 124 cm³/mol. The fraction of sp³-hybridized carbons (Fsp3) is 0.478. The van der Waals surface area contributed by atoms with Crippen LogP contribution in [-0.4, -0.2) is 23.3 Å². The van der Waals surface area contributed by atoms with Gasteiger partial charge in [-0.3, -0.25) is 4.18 Å². The van der Waals surface area contributed by atoms with Crippen LogP contribution in [-0.2, 0) is 25.1 Å². The molecule has 0 heterocycles. The lowest BCUT2D eigenvalue weighted by Crippen LogP contribution is -2.43. The zero-order valence-corrected chi connectivity index (χ0v) is 21.1. The molecule has 0 saturated carbocycles. The van der Waals surface area contributed by atoms with E-state index in [1.807, 2.05) is 25.1 Å². The molecule has 0 amide bonds. The number of halogens is 1. The number of benzene rings is 2. The Morgan fingerprint density at radius 1 is 1.10 bits per heavy atom. The summed E-state index contributed by atoms with van der Waals surface area (Å²) in [6, 6.07) is 12.5. The lowest BCUT2D eigenvalue weighted by atomic mass is 10.1. The van der Waals surface area contributed by atoms with Gasteiger partial charge in [0.1, 0.15) is 0 Å². The third kappa shape index (κ3) is 4.83. The van der Waals surface area contributed by atoms with Gasteiger partial charge in [0.25, 0.3) is 10.1 Å². The molecule has 3 rings (SSSR count). The fourth-order valence-corrected chi connectivity index (χ4v) is 5.96. The van der Waals surface area contributed by atoms with E-state index in [0.29, 0.717) is 11.4 Å². The monoisotopic (exact) mass is 466 g/mol. The molecule has 30 heavy (non-hydrogen) atoms. The highest BCUT2D eigenvalue weighted by molar-refractivity contribution is 7.86. The van der Waals surface area contributed by atoms with Gasteiger partial charge in [0.05, 0.1) is 17.6 Å². The van der Waals surface area contributed by atoms with Crippen LogP contribution < -0.4 is 0 Å². The van der Waals surface area contributed by atoms with Crippen molar-refractivity contribution in [3.63, 3.8) is 0 Å². The second-order valence-electron chi connectivity index (χ2n) is 9.62. The van der Waals surface area contributed by atoms with E-state index < -0.39 is 18.4 Å². The van der Waals surface area contributed by atoms with Crippen molar-refractivity contribution in [3.8, 4) is 0 Å². The molecule has 0 N–H and O–H groups in total. The van der Waals surface area contributed by atoms with Crippen molar-refractivity contribution in [1.29, 1.82) is 0 Å². The van der Waals surface area contributed by atoms with E-state index >= 15 is 0 Å². The molecule has 1 aliphatic carbocycles. The Bertz CT molecular complexity index is 1010. The maximum absolute atomic E-state index is 12.7. The zero-order valence-electron chi connectivity index (χ0n) is 18.5. The minimum Gasteiger partial charge on any atom is -0.410 e. The summed E-state index contributed by atoms with van der Waals surface area (Å²) in [5, 5.41) is 0.730. The van der Waals surface area contributed by atoms with Gasteiger partial charge in [-0.25, -0.2) is 0 Å². The van der Waals surface area contributed by atoms with Crippen molar-refractivity contribution in [1.82, 2.24) is 0 Å². The highest BCUT2D eigenvalue weighted by Gasteiger charge is 2.44. The van der Waals surface area contributed by atoms with Gasteiger partial charge in [0, 0.05) is 10.9 Å². The zero-order chi connectivity index (χ0) is 22.3. The molecular formula is C23H31ClO4SSi. The highest BCUT2D eigenvalue weighted by atomic mass is 35.5. The lowest BCUT2D eigenvalue weighted by molar-refractivity contribution is 0.0983. The summed E-state index contributed by atoms with van der Waals surface area (Å²) in [4.78, 5) is 0.170. The number of aryl methyl sites for hydroxylation is 1. The molecule has 7 heteroatoms. The first-order valence-corrected chi connectivity index (χ1v) is 14.9. The molecule has 2 aromatic rings. The lowest BCUT2D eigenvalue weighted by Gasteiger charge is -2.40. The van der Waals surface area contributed by atoms with E-state index in [1.54, 1.807) is 24.3 Å². The molecule has 2 atom stereocenters. The SMILES string of the molecule is Cc1ccc(S(=O)(=O)OC[C@H]2Cc3c(Cl)cccc3[C@H]2O[Si](C)(C)C(C)(C)C)cc1. The summed E-state index contributed by atoms with van der Waals surface area (Å²) < 4.78 is 37.7. The van der Waals surface area contributed by atoms with Gasteiger partial charge in [0.2, 0.25) is 0 Å². The van der Waals surface area contributed by atoms with Crippen LogP contribution in [0.4, 0.5) is 0 Å². The quantitative estimate of drug-likeness (QED) is 0.370. The molecule has 0 bridgehead atoms. The fourth-order valence-electron chi connectivity index (χ4n) is 3.43. The number of hydrogen-bond acceptors (Lipinski definition) is 4. The van der Waals surface area contributed by atoms with Crippen molar-refractivity contribution < 1.29 is 17.0 Å². The topological polar surface area (TPSA) is 52.6 Å². The Labute approximate surface area is 186 Å². The van der Waals surface area contributed by atoms with Crippen LogP contribution >= 0.6 is 11.6 Å². The third-order valence-corrected chi connectivity index (χ3v) is 12.4. The molecule has 0 aromatic heterocycles. The Morgan fingerprint density at radius 3 is 2.33 bits per heavy atom. The maximum Gasteiger partial charge on any atom is 0.296 e. The molecule has 0 unspecified atom stereocenters. The first-order valence-electron chi connectivity index (χ1n) is 10.2. The standard InChI is InChI=1S/C23H31ClO4SSi/c1-16-10-12-18(13-11-16)29(25,26)27-15-17-14-20-19(8-7-9-21(20)24)22(17)28-30(5,6)23(2,3)4/h7-13,17,22H,14-15H2,1-6H3/t17-,22+/m1/s1. The molecule has 0 radical (unpaired) electrons. The second kappa shape index (κ2) is 8.39. The van der Waals surface area contributed by atoms with E-state index in [-0.39, 0.29) is 28.6 Å².